The van der Waals surface area contributed by atoms with Gasteiger partial charge in [-0.05, 0) is 90.0 Å². The van der Waals surface area contributed by atoms with Crippen molar-refractivity contribution < 1.29 is 4.42 Å². The fraction of sp³-hybridized carbons (Fsp3) is 0. The molecule has 0 fully saturated rings. The Kier molecular flexibility index (Phi) is 7.03. The van der Waals surface area contributed by atoms with Crippen molar-refractivity contribution in [1.82, 2.24) is 19.5 Å². The third-order valence-corrected chi connectivity index (χ3v) is 12.2. The Labute approximate surface area is 330 Å². The van der Waals surface area contributed by atoms with Crippen LogP contribution < -0.4 is 0 Å². The van der Waals surface area contributed by atoms with Crippen LogP contribution >= 0.6 is 11.3 Å². The van der Waals surface area contributed by atoms with E-state index >= 15 is 0 Å². The summed E-state index contributed by atoms with van der Waals surface area (Å²) in [5, 5.41) is 6.90. The van der Waals surface area contributed by atoms with E-state index in [4.69, 9.17) is 19.4 Å². The van der Waals surface area contributed by atoms with E-state index in [1.165, 1.54) is 36.7 Å². The SMILES string of the molecule is c1ccc(-c2ccc3c(c2)c2ccccc2n3-c2ccc(-c3nc(-c4ccc5oc6ccccc6c5c4)nc(-c4cccc5sc6ccccc6c45)n3)cc2)cc1. The maximum Gasteiger partial charge on any atom is 0.164 e. The second kappa shape index (κ2) is 12.6. The molecule has 266 valence electrons. The molecule has 4 heterocycles. The van der Waals surface area contributed by atoms with Crippen molar-refractivity contribution in [3.8, 4) is 51.0 Å². The van der Waals surface area contributed by atoms with Gasteiger partial charge in [-0.2, -0.15) is 0 Å². The quantitative estimate of drug-likeness (QED) is 0.176. The van der Waals surface area contributed by atoms with Gasteiger partial charge in [0.05, 0.1) is 11.0 Å². The normalized spacial score (nSPS) is 11.9. The number of furan rings is 1. The van der Waals surface area contributed by atoms with Crippen molar-refractivity contribution in [2.75, 3.05) is 0 Å². The van der Waals surface area contributed by atoms with E-state index < -0.39 is 0 Å². The lowest BCUT2D eigenvalue weighted by atomic mass is 10.0. The van der Waals surface area contributed by atoms with E-state index in [1.54, 1.807) is 11.3 Å². The fourth-order valence-electron chi connectivity index (χ4n) is 8.40. The number of aromatic nitrogens is 4. The molecule has 0 unspecified atom stereocenters. The zero-order valence-corrected chi connectivity index (χ0v) is 31.2. The number of nitrogens with zero attached hydrogens (tertiary/aromatic N) is 4. The first-order chi connectivity index (χ1) is 28.2. The molecule has 0 N–H and O–H groups in total. The molecule has 57 heavy (non-hydrogen) atoms. The predicted octanol–water partition coefficient (Wildman–Crippen LogP) is 13.9. The monoisotopic (exact) mass is 746 g/mol. The minimum atomic E-state index is 0.611. The molecule has 5 nitrogen and oxygen atoms in total. The van der Waals surface area contributed by atoms with Gasteiger partial charge in [-0.15, -0.1) is 11.3 Å². The van der Waals surface area contributed by atoms with Crippen molar-refractivity contribution in [1.29, 1.82) is 0 Å². The highest BCUT2D eigenvalue weighted by molar-refractivity contribution is 7.25. The molecule has 0 bridgehead atoms. The Hall–Kier alpha value is -7.41. The molecule has 0 saturated carbocycles. The van der Waals surface area contributed by atoms with Crippen molar-refractivity contribution in [3.05, 3.63) is 182 Å². The molecule has 0 aliphatic rings. The van der Waals surface area contributed by atoms with E-state index in [1.807, 2.05) is 30.3 Å². The van der Waals surface area contributed by atoms with Crippen LogP contribution in [0.5, 0.6) is 0 Å². The van der Waals surface area contributed by atoms with E-state index in [9.17, 15) is 0 Å². The summed E-state index contributed by atoms with van der Waals surface area (Å²) < 4.78 is 11.0. The number of hydrogen-bond acceptors (Lipinski definition) is 5. The smallest absolute Gasteiger partial charge is 0.164 e. The molecule has 0 aliphatic carbocycles. The summed E-state index contributed by atoms with van der Waals surface area (Å²) in [7, 11) is 0. The first-order valence-corrected chi connectivity index (χ1v) is 19.8. The third-order valence-electron chi connectivity index (χ3n) is 11.1. The number of rotatable bonds is 5. The van der Waals surface area contributed by atoms with E-state index in [2.05, 4.69) is 156 Å². The highest BCUT2D eigenvalue weighted by atomic mass is 32.1. The van der Waals surface area contributed by atoms with E-state index in [-0.39, 0.29) is 0 Å². The van der Waals surface area contributed by atoms with Crippen LogP contribution in [0.15, 0.2) is 186 Å². The Bertz CT molecular complexity index is 3520. The van der Waals surface area contributed by atoms with Gasteiger partial charge in [0.15, 0.2) is 17.5 Å². The van der Waals surface area contributed by atoms with Crippen LogP contribution in [0.1, 0.15) is 0 Å². The molecule has 0 aliphatic heterocycles. The van der Waals surface area contributed by atoms with Crippen LogP contribution in [0.3, 0.4) is 0 Å². The molecule has 4 aromatic heterocycles. The standard InChI is InChI=1S/C51H30N4OS/c1-2-11-31(12-3-1)33-23-27-43-40(29-33)36-13-4-7-17-42(36)55(43)35-25-21-32(22-26-35)49-52-50(34-24-28-45-41(30-34)37-14-5-8-18-44(37)56-45)54-51(53-49)39-16-10-20-47-48(39)38-15-6-9-19-46(38)57-47/h1-30H. The topological polar surface area (TPSA) is 56.7 Å². The van der Waals surface area contributed by atoms with Crippen LogP contribution in [0, 0.1) is 0 Å². The highest BCUT2D eigenvalue weighted by Gasteiger charge is 2.19. The lowest BCUT2D eigenvalue weighted by Gasteiger charge is -2.11. The van der Waals surface area contributed by atoms with Crippen LogP contribution in [0.4, 0.5) is 0 Å². The van der Waals surface area contributed by atoms with Gasteiger partial charge in [0.25, 0.3) is 0 Å². The molecule has 12 aromatic rings. The number of benzene rings is 8. The molecular formula is C51H30N4OS. The second-order valence-corrected chi connectivity index (χ2v) is 15.5. The molecule has 6 heteroatoms. The van der Waals surface area contributed by atoms with Crippen molar-refractivity contribution in [2.45, 2.75) is 0 Å². The molecule has 0 radical (unpaired) electrons. The summed E-state index contributed by atoms with van der Waals surface area (Å²) in [4.78, 5) is 15.6. The first kappa shape index (κ1) is 31.9. The van der Waals surface area contributed by atoms with Gasteiger partial charge in [-0.1, -0.05) is 103 Å². The Morgan fingerprint density at radius 3 is 1.89 bits per heavy atom. The van der Waals surface area contributed by atoms with E-state index in [0.29, 0.717) is 17.5 Å². The number of hydrogen-bond donors (Lipinski definition) is 0. The minimum Gasteiger partial charge on any atom is -0.456 e. The Morgan fingerprint density at radius 1 is 0.386 bits per heavy atom. The van der Waals surface area contributed by atoms with Gasteiger partial charge in [0.2, 0.25) is 0 Å². The molecule has 12 rings (SSSR count). The van der Waals surface area contributed by atoms with Crippen molar-refractivity contribution in [3.63, 3.8) is 0 Å². The lowest BCUT2D eigenvalue weighted by Crippen LogP contribution is -2.01. The highest BCUT2D eigenvalue weighted by Crippen LogP contribution is 2.41. The maximum absolute atomic E-state index is 6.18. The van der Waals surface area contributed by atoms with Gasteiger partial charge >= 0.3 is 0 Å². The summed E-state index contributed by atoms with van der Waals surface area (Å²) in [5.74, 6) is 1.87. The van der Waals surface area contributed by atoms with Crippen molar-refractivity contribution in [2.24, 2.45) is 0 Å². The Morgan fingerprint density at radius 2 is 1.02 bits per heavy atom. The zero-order valence-electron chi connectivity index (χ0n) is 30.4. The minimum absolute atomic E-state index is 0.611. The van der Waals surface area contributed by atoms with Gasteiger partial charge < -0.3 is 8.98 Å². The summed E-state index contributed by atoms with van der Waals surface area (Å²) in [6.07, 6.45) is 0. The van der Waals surface area contributed by atoms with Gasteiger partial charge in [-0.3, -0.25) is 0 Å². The average molecular weight is 747 g/mol. The molecule has 0 saturated heterocycles. The van der Waals surface area contributed by atoms with E-state index in [0.717, 1.165) is 60.7 Å². The second-order valence-electron chi connectivity index (χ2n) is 14.4. The summed E-state index contributed by atoms with van der Waals surface area (Å²) in [6.45, 7) is 0. The predicted molar refractivity (Wildman–Crippen MR) is 236 cm³/mol. The number of thiophene rings is 1. The van der Waals surface area contributed by atoms with Gasteiger partial charge in [-0.25, -0.2) is 15.0 Å². The van der Waals surface area contributed by atoms with Crippen LogP contribution in [-0.2, 0) is 0 Å². The largest absolute Gasteiger partial charge is 0.456 e. The molecule has 0 amide bonds. The van der Waals surface area contributed by atoms with Crippen LogP contribution in [-0.4, -0.2) is 19.5 Å². The molecule has 8 aromatic carbocycles. The van der Waals surface area contributed by atoms with Gasteiger partial charge in [0, 0.05) is 64.1 Å². The van der Waals surface area contributed by atoms with Crippen molar-refractivity contribution >= 4 is 75.3 Å². The maximum atomic E-state index is 6.18. The lowest BCUT2D eigenvalue weighted by molar-refractivity contribution is 0.669. The summed E-state index contributed by atoms with van der Waals surface area (Å²) in [6, 6.07) is 63.9. The third kappa shape index (κ3) is 5.12. The average Bonchev–Trinajstić information content (AvgIpc) is 3.96. The molecule has 0 spiro atoms. The Balaban J connectivity index is 1.03. The van der Waals surface area contributed by atoms with Crippen LogP contribution in [0.2, 0.25) is 0 Å². The molecular weight excluding hydrogens is 717 g/mol. The first-order valence-electron chi connectivity index (χ1n) is 19.0. The fourth-order valence-corrected chi connectivity index (χ4v) is 9.53. The zero-order chi connectivity index (χ0) is 37.5. The number of para-hydroxylation sites is 2. The molecule has 0 atom stereocenters. The summed E-state index contributed by atoms with van der Waals surface area (Å²) >= 11 is 1.79. The summed E-state index contributed by atoms with van der Waals surface area (Å²) in [5.41, 5.74) is 10.3. The van der Waals surface area contributed by atoms with Crippen LogP contribution in [0.25, 0.3) is 115 Å². The number of fused-ring (bicyclic) bond motifs is 9. The van der Waals surface area contributed by atoms with Gasteiger partial charge in [0.1, 0.15) is 11.2 Å².